The molecule has 62 heavy (non-hydrogen) atoms. The van der Waals surface area contributed by atoms with Gasteiger partial charge in [-0.3, -0.25) is 14.4 Å². The van der Waals surface area contributed by atoms with Crippen LogP contribution in [0.25, 0.3) is 0 Å². The molecular weight excluding hydrogens is 769 g/mol. The molecule has 0 spiro atoms. The van der Waals surface area contributed by atoms with Crippen molar-refractivity contribution in [2.75, 3.05) is 13.2 Å². The van der Waals surface area contributed by atoms with Crippen LogP contribution in [0, 0.1) is 0 Å². The molecule has 0 radical (unpaired) electrons. The lowest BCUT2D eigenvalue weighted by atomic mass is 10.0. The number of carbonyl (C=O) groups excluding carboxylic acids is 3. The van der Waals surface area contributed by atoms with Gasteiger partial charge in [0.25, 0.3) is 0 Å². The molecule has 0 amide bonds. The van der Waals surface area contributed by atoms with Gasteiger partial charge in [0.05, 0.1) is 0 Å². The lowest BCUT2D eigenvalue weighted by Gasteiger charge is -2.18. The Morgan fingerprint density at radius 3 is 0.952 bits per heavy atom. The first-order chi connectivity index (χ1) is 30.5. The van der Waals surface area contributed by atoms with Crippen molar-refractivity contribution in [3.63, 3.8) is 0 Å². The maximum atomic E-state index is 12.7. The zero-order chi connectivity index (χ0) is 45.1. The van der Waals surface area contributed by atoms with Crippen molar-refractivity contribution >= 4 is 17.9 Å². The average Bonchev–Trinajstić information content (AvgIpc) is 3.27. The molecule has 1 atom stereocenters. The fourth-order valence-electron chi connectivity index (χ4n) is 7.51. The van der Waals surface area contributed by atoms with Crippen molar-refractivity contribution < 1.29 is 28.6 Å². The molecule has 0 aromatic rings. The summed E-state index contributed by atoms with van der Waals surface area (Å²) >= 11 is 0. The van der Waals surface area contributed by atoms with Gasteiger partial charge >= 0.3 is 17.9 Å². The predicted octanol–water partition coefficient (Wildman–Crippen LogP) is 17.5. The molecule has 0 N–H and O–H groups in total. The summed E-state index contributed by atoms with van der Waals surface area (Å²) < 4.78 is 16.7. The minimum atomic E-state index is -0.776. The van der Waals surface area contributed by atoms with E-state index in [1.165, 1.54) is 135 Å². The fraction of sp³-hybridized carbons (Fsp3) is 0.804. The van der Waals surface area contributed by atoms with Crippen LogP contribution in [0.2, 0.25) is 0 Å². The number of unbranched alkanes of at least 4 members (excludes halogenated alkanes) is 29. The van der Waals surface area contributed by atoms with E-state index in [9.17, 15) is 14.4 Å². The van der Waals surface area contributed by atoms with Gasteiger partial charge in [0, 0.05) is 19.3 Å². The van der Waals surface area contributed by atoms with Gasteiger partial charge in [-0.25, -0.2) is 0 Å². The summed E-state index contributed by atoms with van der Waals surface area (Å²) in [4.78, 5) is 37.8. The SMILES string of the molecule is CCC/C=C\C/C=C\CCCCCCCC(=O)OC(COC(=O)CCCCCCCCCC)COC(=O)CCCCCCCCCCCCC/C=C\C/C=C\CCCCCCC. The second-order valence-corrected chi connectivity index (χ2v) is 17.8. The summed E-state index contributed by atoms with van der Waals surface area (Å²) in [6.07, 6.45) is 61.1. The zero-order valence-electron chi connectivity index (χ0n) is 41.1. The van der Waals surface area contributed by atoms with Crippen LogP contribution < -0.4 is 0 Å². The highest BCUT2D eigenvalue weighted by Gasteiger charge is 2.19. The molecule has 0 aliphatic heterocycles. The van der Waals surface area contributed by atoms with Gasteiger partial charge in [0.2, 0.25) is 0 Å². The van der Waals surface area contributed by atoms with E-state index in [-0.39, 0.29) is 31.1 Å². The van der Waals surface area contributed by atoms with Gasteiger partial charge in [-0.05, 0) is 77.0 Å². The molecule has 0 rings (SSSR count). The van der Waals surface area contributed by atoms with Gasteiger partial charge in [-0.2, -0.15) is 0 Å². The lowest BCUT2D eigenvalue weighted by molar-refractivity contribution is -0.167. The van der Waals surface area contributed by atoms with Crippen LogP contribution in [-0.4, -0.2) is 37.2 Å². The van der Waals surface area contributed by atoms with Gasteiger partial charge in [0.15, 0.2) is 6.10 Å². The molecule has 6 nitrogen and oxygen atoms in total. The Labute approximate surface area is 384 Å². The largest absolute Gasteiger partial charge is 0.462 e. The van der Waals surface area contributed by atoms with Crippen molar-refractivity contribution in [3.8, 4) is 0 Å². The normalized spacial score (nSPS) is 12.4. The number of esters is 3. The molecular formula is C56H100O6. The first-order valence-electron chi connectivity index (χ1n) is 26.6. The average molecular weight is 869 g/mol. The molecule has 0 aromatic heterocycles. The second-order valence-electron chi connectivity index (χ2n) is 17.8. The summed E-state index contributed by atoms with van der Waals surface area (Å²) in [5.74, 6) is -0.892. The highest BCUT2D eigenvalue weighted by molar-refractivity contribution is 5.71. The summed E-state index contributed by atoms with van der Waals surface area (Å²) in [5.41, 5.74) is 0. The maximum Gasteiger partial charge on any atom is 0.306 e. The Bertz CT molecular complexity index is 1090. The Balaban J connectivity index is 4.20. The number of rotatable bonds is 48. The zero-order valence-corrected chi connectivity index (χ0v) is 41.1. The summed E-state index contributed by atoms with van der Waals surface area (Å²) in [7, 11) is 0. The number of hydrogen-bond donors (Lipinski definition) is 0. The van der Waals surface area contributed by atoms with E-state index in [4.69, 9.17) is 14.2 Å². The smallest absolute Gasteiger partial charge is 0.306 e. The maximum absolute atomic E-state index is 12.7. The Morgan fingerprint density at radius 1 is 0.323 bits per heavy atom. The Kier molecular flexibility index (Phi) is 48.8. The molecule has 0 saturated carbocycles. The minimum Gasteiger partial charge on any atom is -0.462 e. The van der Waals surface area contributed by atoms with E-state index < -0.39 is 6.10 Å². The number of allylic oxidation sites excluding steroid dienone is 8. The van der Waals surface area contributed by atoms with Crippen LogP contribution in [0.4, 0.5) is 0 Å². The molecule has 0 aliphatic carbocycles. The van der Waals surface area contributed by atoms with E-state index in [1.54, 1.807) is 0 Å². The summed E-state index contributed by atoms with van der Waals surface area (Å²) in [6.45, 7) is 6.53. The molecule has 0 fully saturated rings. The highest BCUT2D eigenvalue weighted by Crippen LogP contribution is 2.15. The van der Waals surface area contributed by atoms with Gasteiger partial charge in [-0.15, -0.1) is 0 Å². The van der Waals surface area contributed by atoms with Gasteiger partial charge < -0.3 is 14.2 Å². The molecule has 0 heterocycles. The van der Waals surface area contributed by atoms with E-state index in [1.807, 2.05) is 0 Å². The Morgan fingerprint density at radius 2 is 0.613 bits per heavy atom. The molecule has 0 aromatic carbocycles. The highest BCUT2D eigenvalue weighted by atomic mass is 16.6. The summed E-state index contributed by atoms with van der Waals surface area (Å²) in [5, 5.41) is 0. The fourth-order valence-corrected chi connectivity index (χ4v) is 7.51. The van der Waals surface area contributed by atoms with E-state index >= 15 is 0 Å². The third-order valence-corrected chi connectivity index (χ3v) is 11.5. The van der Waals surface area contributed by atoms with Crippen molar-refractivity contribution in [2.24, 2.45) is 0 Å². The van der Waals surface area contributed by atoms with E-state index in [0.29, 0.717) is 19.3 Å². The second kappa shape index (κ2) is 51.0. The Hall–Kier alpha value is -2.63. The van der Waals surface area contributed by atoms with Crippen LogP contribution in [-0.2, 0) is 28.6 Å². The van der Waals surface area contributed by atoms with Crippen molar-refractivity contribution in [1.82, 2.24) is 0 Å². The first-order valence-corrected chi connectivity index (χ1v) is 26.6. The van der Waals surface area contributed by atoms with Crippen LogP contribution in [0.15, 0.2) is 48.6 Å². The number of hydrogen-bond acceptors (Lipinski definition) is 6. The standard InChI is InChI=1S/C56H100O6/c1-4-7-10-13-16-19-21-23-24-25-26-27-28-29-30-31-32-34-35-37-40-43-46-49-55(58)61-52-53(51-60-54(57)48-45-42-39-18-15-12-9-6-3)62-56(59)50-47-44-41-38-36-33-22-20-17-14-11-8-5-2/h11,14,20-23,25-26,53H,4-10,12-13,15-19,24,27-52H2,1-3H3/b14-11-,22-20-,23-21-,26-25-. The first kappa shape index (κ1) is 59.4. The van der Waals surface area contributed by atoms with Crippen molar-refractivity contribution in [3.05, 3.63) is 48.6 Å². The predicted molar refractivity (Wildman–Crippen MR) is 265 cm³/mol. The van der Waals surface area contributed by atoms with Gasteiger partial charge in [0.1, 0.15) is 13.2 Å². The van der Waals surface area contributed by atoms with E-state index in [2.05, 4.69) is 69.4 Å². The topological polar surface area (TPSA) is 78.9 Å². The third-order valence-electron chi connectivity index (χ3n) is 11.5. The van der Waals surface area contributed by atoms with Crippen LogP contribution >= 0.6 is 0 Å². The van der Waals surface area contributed by atoms with Crippen LogP contribution in [0.1, 0.15) is 271 Å². The molecule has 1 unspecified atom stereocenters. The number of ether oxygens (including phenoxy) is 3. The molecule has 6 heteroatoms. The van der Waals surface area contributed by atoms with Gasteiger partial charge in [-0.1, -0.05) is 223 Å². The third kappa shape index (κ3) is 48.4. The lowest BCUT2D eigenvalue weighted by Crippen LogP contribution is -2.30. The minimum absolute atomic E-state index is 0.0778. The monoisotopic (exact) mass is 869 g/mol. The van der Waals surface area contributed by atoms with E-state index in [0.717, 1.165) is 96.3 Å². The quantitative estimate of drug-likeness (QED) is 0.0262. The van der Waals surface area contributed by atoms with Crippen LogP contribution in [0.3, 0.4) is 0 Å². The van der Waals surface area contributed by atoms with Crippen LogP contribution in [0.5, 0.6) is 0 Å². The summed E-state index contributed by atoms with van der Waals surface area (Å²) in [6, 6.07) is 0. The van der Waals surface area contributed by atoms with Crippen molar-refractivity contribution in [1.29, 1.82) is 0 Å². The van der Waals surface area contributed by atoms with Crippen molar-refractivity contribution in [2.45, 2.75) is 277 Å². The molecule has 360 valence electrons. The number of carbonyl (C=O) groups is 3. The molecule has 0 saturated heterocycles. The molecule has 0 bridgehead atoms. The molecule has 0 aliphatic rings.